The molecule has 1 aromatic carbocycles. The molecule has 1 atom stereocenters. The lowest BCUT2D eigenvalue weighted by molar-refractivity contribution is 0.177. The maximum Gasteiger partial charge on any atom is 0.407 e. The summed E-state index contributed by atoms with van der Waals surface area (Å²) in [6.45, 7) is 0.289. The van der Waals surface area contributed by atoms with Crippen molar-refractivity contribution in [3.63, 3.8) is 0 Å². The molecule has 0 saturated carbocycles. The molecule has 98 valence electrons. The van der Waals surface area contributed by atoms with Crippen molar-refractivity contribution in [3.05, 3.63) is 17.7 Å². The lowest BCUT2D eigenvalue weighted by Crippen LogP contribution is -2.18. The fourth-order valence-electron chi connectivity index (χ4n) is 1.87. The first-order chi connectivity index (χ1) is 8.69. The van der Waals surface area contributed by atoms with Gasteiger partial charge in [-0.05, 0) is 17.7 Å². The Morgan fingerprint density at radius 1 is 1.17 bits per heavy atom. The number of alkyl carbamates (subject to hydrolysis) is 1. The second kappa shape index (κ2) is 5.03. The summed E-state index contributed by atoms with van der Waals surface area (Å²) in [5.41, 5.74) is 0.843. The van der Waals surface area contributed by atoms with Crippen molar-refractivity contribution in [2.75, 3.05) is 27.9 Å². The van der Waals surface area contributed by atoms with Gasteiger partial charge in [0.1, 0.15) is 6.61 Å². The normalized spacial score (nSPS) is 17.9. The van der Waals surface area contributed by atoms with Crippen LogP contribution in [0.2, 0.25) is 0 Å². The van der Waals surface area contributed by atoms with Crippen LogP contribution >= 0.6 is 0 Å². The van der Waals surface area contributed by atoms with Crippen molar-refractivity contribution in [1.29, 1.82) is 0 Å². The van der Waals surface area contributed by atoms with Crippen LogP contribution < -0.4 is 19.5 Å². The number of ether oxygens (including phenoxy) is 4. The van der Waals surface area contributed by atoms with Gasteiger partial charge in [-0.1, -0.05) is 0 Å². The Balaban J connectivity index is 2.40. The van der Waals surface area contributed by atoms with Gasteiger partial charge in [0.25, 0.3) is 0 Å². The fourth-order valence-corrected chi connectivity index (χ4v) is 1.87. The highest BCUT2D eigenvalue weighted by atomic mass is 16.6. The Labute approximate surface area is 105 Å². The van der Waals surface area contributed by atoms with Crippen molar-refractivity contribution in [1.82, 2.24) is 5.32 Å². The van der Waals surface area contributed by atoms with Gasteiger partial charge in [-0.3, -0.25) is 0 Å². The summed E-state index contributed by atoms with van der Waals surface area (Å²) in [5, 5.41) is 2.70. The quantitative estimate of drug-likeness (QED) is 0.880. The van der Waals surface area contributed by atoms with Gasteiger partial charge in [0.15, 0.2) is 11.5 Å². The van der Waals surface area contributed by atoms with E-state index in [0.717, 1.165) is 5.56 Å². The highest BCUT2D eigenvalue weighted by molar-refractivity contribution is 5.70. The van der Waals surface area contributed by atoms with Gasteiger partial charge in [0.2, 0.25) is 5.75 Å². The van der Waals surface area contributed by atoms with Crippen molar-refractivity contribution >= 4 is 6.09 Å². The molecule has 1 unspecified atom stereocenters. The largest absolute Gasteiger partial charge is 0.493 e. The van der Waals surface area contributed by atoms with Crippen LogP contribution in [-0.2, 0) is 4.74 Å². The number of hydrogen-bond donors (Lipinski definition) is 1. The summed E-state index contributed by atoms with van der Waals surface area (Å²) < 4.78 is 20.6. The van der Waals surface area contributed by atoms with Crippen LogP contribution in [0.3, 0.4) is 0 Å². The Bertz CT molecular complexity index is 435. The van der Waals surface area contributed by atoms with Gasteiger partial charge >= 0.3 is 6.09 Å². The molecule has 0 aromatic heterocycles. The number of rotatable bonds is 4. The standard InChI is InChI=1S/C12H15NO5/c1-15-9-4-7(8-6-18-12(14)13-8)5-10(16-2)11(9)17-3/h4-5,8H,6H2,1-3H3,(H,13,14). The third-order valence-corrected chi connectivity index (χ3v) is 2.76. The molecule has 1 aliphatic rings. The topological polar surface area (TPSA) is 66.0 Å². The predicted octanol–water partition coefficient (Wildman–Crippen LogP) is 1.49. The molecule has 1 aromatic rings. The average molecular weight is 253 g/mol. The van der Waals surface area contributed by atoms with Crippen LogP contribution in [0.25, 0.3) is 0 Å². The van der Waals surface area contributed by atoms with Crippen LogP contribution in [0.5, 0.6) is 17.2 Å². The van der Waals surface area contributed by atoms with E-state index in [0.29, 0.717) is 17.2 Å². The maximum atomic E-state index is 11.0. The molecule has 1 fully saturated rings. The van der Waals surface area contributed by atoms with E-state index in [4.69, 9.17) is 18.9 Å². The lowest BCUT2D eigenvalue weighted by atomic mass is 10.1. The second-order valence-electron chi connectivity index (χ2n) is 3.75. The van der Waals surface area contributed by atoms with Crippen LogP contribution in [0.4, 0.5) is 4.79 Å². The zero-order valence-electron chi connectivity index (χ0n) is 10.5. The first-order valence-corrected chi connectivity index (χ1v) is 5.42. The third-order valence-electron chi connectivity index (χ3n) is 2.76. The molecule has 1 N–H and O–H groups in total. The molecule has 2 rings (SSSR count). The molecule has 0 aliphatic carbocycles. The number of methoxy groups -OCH3 is 3. The lowest BCUT2D eigenvalue weighted by Gasteiger charge is -2.16. The second-order valence-corrected chi connectivity index (χ2v) is 3.75. The Morgan fingerprint density at radius 3 is 2.17 bits per heavy atom. The number of nitrogens with one attached hydrogen (secondary N) is 1. The van der Waals surface area contributed by atoms with Gasteiger partial charge < -0.3 is 24.3 Å². The van der Waals surface area contributed by atoms with Gasteiger partial charge in [0, 0.05) is 0 Å². The highest BCUT2D eigenvalue weighted by Crippen LogP contribution is 2.40. The van der Waals surface area contributed by atoms with Gasteiger partial charge in [-0.25, -0.2) is 4.79 Å². The predicted molar refractivity (Wildman–Crippen MR) is 63.3 cm³/mol. The van der Waals surface area contributed by atoms with E-state index >= 15 is 0 Å². The van der Waals surface area contributed by atoms with Crippen molar-refractivity contribution in [2.24, 2.45) is 0 Å². The van der Waals surface area contributed by atoms with Crippen LogP contribution in [0, 0.1) is 0 Å². The monoisotopic (exact) mass is 253 g/mol. The summed E-state index contributed by atoms with van der Waals surface area (Å²) in [7, 11) is 4.64. The first kappa shape index (κ1) is 12.3. The number of hydrogen-bond acceptors (Lipinski definition) is 5. The Morgan fingerprint density at radius 2 is 1.78 bits per heavy atom. The number of benzene rings is 1. The highest BCUT2D eigenvalue weighted by Gasteiger charge is 2.26. The molecule has 0 bridgehead atoms. The van der Waals surface area contributed by atoms with Gasteiger partial charge in [0.05, 0.1) is 27.4 Å². The van der Waals surface area contributed by atoms with E-state index < -0.39 is 6.09 Å². The minimum Gasteiger partial charge on any atom is -0.493 e. The Kier molecular flexibility index (Phi) is 3.45. The van der Waals surface area contributed by atoms with E-state index in [2.05, 4.69) is 5.32 Å². The Hall–Kier alpha value is -2.11. The minimum atomic E-state index is -0.422. The average Bonchev–Trinajstić information content (AvgIpc) is 2.83. The third kappa shape index (κ3) is 2.13. The number of amides is 1. The molecule has 6 heteroatoms. The summed E-state index contributed by atoms with van der Waals surface area (Å²) in [5.74, 6) is 1.62. The van der Waals surface area contributed by atoms with Gasteiger partial charge in [-0.15, -0.1) is 0 Å². The van der Waals surface area contributed by atoms with E-state index in [-0.39, 0.29) is 12.6 Å². The molecule has 1 saturated heterocycles. The molecular formula is C12H15NO5. The number of cyclic esters (lactones) is 1. The molecule has 0 radical (unpaired) electrons. The summed E-state index contributed by atoms with van der Waals surface area (Å²) in [6, 6.07) is 3.38. The van der Waals surface area contributed by atoms with Crippen molar-refractivity contribution in [2.45, 2.75) is 6.04 Å². The summed E-state index contributed by atoms with van der Waals surface area (Å²) >= 11 is 0. The summed E-state index contributed by atoms with van der Waals surface area (Å²) in [4.78, 5) is 11.0. The molecule has 6 nitrogen and oxygen atoms in total. The molecule has 1 amide bonds. The van der Waals surface area contributed by atoms with E-state index in [1.54, 1.807) is 33.5 Å². The summed E-state index contributed by atoms with van der Waals surface area (Å²) in [6.07, 6.45) is -0.422. The van der Waals surface area contributed by atoms with E-state index in [1.807, 2.05) is 0 Å². The van der Waals surface area contributed by atoms with Crippen molar-refractivity contribution < 1.29 is 23.7 Å². The molecular weight excluding hydrogens is 238 g/mol. The van der Waals surface area contributed by atoms with E-state index in [1.165, 1.54) is 0 Å². The zero-order chi connectivity index (χ0) is 13.1. The fraction of sp³-hybridized carbons (Fsp3) is 0.417. The van der Waals surface area contributed by atoms with Crippen LogP contribution in [0.1, 0.15) is 11.6 Å². The van der Waals surface area contributed by atoms with Crippen molar-refractivity contribution in [3.8, 4) is 17.2 Å². The number of carbonyl (C=O) groups excluding carboxylic acids is 1. The first-order valence-electron chi connectivity index (χ1n) is 5.42. The number of carbonyl (C=O) groups is 1. The molecule has 1 heterocycles. The molecule has 1 aliphatic heterocycles. The SMILES string of the molecule is COc1cc(C2COC(=O)N2)cc(OC)c1OC. The van der Waals surface area contributed by atoms with Gasteiger partial charge in [-0.2, -0.15) is 0 Å². The minimum absolute atomic E-state index is 0.203. The molecule has 0 spiro atoms. The zero-order valence-corrected chi connectivity index (χ0v) is 10.5. The maximum absolute atomic E-state index is 11.0. The van der Waals surface area contributed by atoms with E-state index in [9.17, 15) is 4.79 Å². The van der Waals surface area contributed by atoms with Crippen LogP contribution in [-0.4, -0.2) is 34.0 Å². The molecule has 18 heavy (non-hydrogen) atoms. The smallest absolute Gasteiger partial charge is 0.407 e. The van der Waals surface area contributed by atoms with Crippen LogP contribution in [0.15, 0.2) is 12.1 Å².